The van der Waals surface area contributed by atoms with Crippen molar-refractivity contribution in [3.8, 4) is 0 Å². The first-order valence-electron chi connectivity index (χ1n) is 7.93. The highest BCUT2D eigenvalue weighted by Gasteiger charge is 2.17. The molecule has 1 saturated heterocycles. The van der Waals surface area contributed by atoms with Crippen LogP contribution in [0.1, 0.15) is 23.7 Å². The standard InChI is InChI=1S/C16H22ClN5O.2ClH/c17-14-4-2-13(3-5-14)11-21-6-1-7-22(9-8-21)12-15-19-16(10-18)23-20-15;;/h2-5H,1,6-12,18H2;2*1H. The molecule has 0 spiro atoms. The van der Waals surface area contributed by atoms with Crippen LogP contribution in [0.3, 0.4) is 0 Å². The maximum Gasteiger partial charge on any atom is 0.240 e. The second-order valence-electron chi connectivity index (χ2n) is 5.84. The number of halogens is 3. The Hall–Kier alpha value is -0.890. The molecule has 2 heterocycles. The first-order chi connectivity index (χ1) is 11.2. The van der Waals surface area contributed by atoms with E-state index in [0.717, 1.165) is 56.5 Å². The molecule has 1 aliphatic heterocycles. The molecule has 0 atom stereocenters. The lowest BCUT2D eigenvalue weighted by atomic mass is 10.2. The van der Waals surface area contributed by atoms with Gasteiger partial charge in [0, 0.05) is 24.7 Å². The molecular formula is C16H24Cl3N5O. The Morgan fingerprint density at radius 1 is 1.00 bits per heavy atom. The Balaban J connectivity index is 0.00000156. The zero-order chi connectivity index (χ0) is 16.1. The summed E-state index contributed by atoms with van der Waals surface area (Å²) in [7, 11) is 0. The van der Waals surface area contributed by atoms with Crippen LogP contribution < -0.4 is 5.73 Å². The van der Waals surface area contributed by atoms with Gasteiger partial charge in [-0.15, -0.1) is 24.8 Å². The quantitative estimate of drug-likeness (QED) is 0.820. The lowest BCUT2D eigenvalue weighted by Crippen LogP contribution is -2.30. The summed E-state index contributed by atoms with van der Waals surface area (Å²) in [6, 6.07) is 8.09. The van der Waals surface area contributed by atoms with Gasteiger partial charge >= 0.3 is 0 Å². The van der Waals surface area contributed by atoms with Gasteiger partial charge in [0.2, 0.25) is 5.89 Å². The number of benzene rings is 1. The van der Waals surface area contributed by atoms with Crippen LogP contribution >= 0.6 is 36.4 Å². The van der Waals surface area contributed by atoms with Crippen molar-refractivity contribution in [1.29, 1.82) is 0 Å². The minimum Gasteiger partial charge on any atom is -0.338 e. The lowest BCUT2D eigenvalue weighted by Gasteiger charge is -2.21. The van der Waals surface area contributed by atoms with Crippen molar-refractivity contribution < 1.29 is 4.52 Å². The lowest BCUT2D eigenvalue weighted by molar-refractivity contribution is 0.241. The molecule has 1 aliphatic rings. The van der Waals surface area contributed by atoms with E-state index in [1.165, 1.54) is 5.56 Å². The minimum absolute atomic E-state index is 0. The molecule has 0 saturated carbocycles. The van der Waals surface area contributed by atoms with Crippen LogP contribution in [0.4, 0.5) is 0 Å². The summed E-state index contributed by atoms with van der Waals surface area (Å²) in [5, 5.41) is 4.76. The molecule has 0 aliphatic carbocycles. The van der Waals surface area contributed by atoms with Crippen molar-refractivity contribution in [1.82, 2.24) is 19.9 Å². The molecule has 25 heavy (non-hydrogen) atoms. The van der Waals surface area contributed by atoms with Crippen molar-refractivity contribution in [2.45, 2.75) is 26.1 Å². The summed E-state index contributed by atoms with van der Waals surface area (Å²) in [5.74, 6) is 1.22. The predicted molar refractivity (Wildman–Crippen MR) is 103 cm³/mol. The Kier molecular flexibility index (Phi) is 9.71. The summed E-state index contributed by atoms with van der Waals surface area (Å²) in [4.78, 5) is 9.12. The van der Waals surface area contributed by atoms with Gasteiger partial charge in [0.1, 0.15) is 0 Å². The second kappa shape index (κ2) is 11.0. The van der Waals surface area contributed by atoms with Gasteiger partial charge in [-0.2, -0.15) is 4.98 Å². The van der Waals surface area contributed by atoms with Crippen molar-refractivity contribution >= 4 is 36.4 Å². The number of nitrogens with two attached hydrogens (primary N) is 1. The van der Waals surface area contributed by atoms with E-state index in [0.29, 0.717) is 12.4 Å². The van der Waals surface area contributed by atoms with E-state index in [4.69, 9.17) is 21.9 Å². The van der Waals surface area contributed by atoms with Gasteiger partial charge in [0.25, 0.3) is 0 Å². The van der Waals surface area contributed by atoms with Crippen LogP contribution in [0.25, 0.3) is 0 Å². The maximum absolute atomic E-state index is 5.94. The number of rotatable bonds is 5. The molecule has 9 heteroatoms. The summed E-state index contributed by atoms with van der Waals surface area (Å²) in [6.07, 6.45) is 1.13. The molecule has 1 aromatic heterocycles. The van der Waals surface area contributed by atoms with Gasteiger partial charge in [-0.1, -0.05) is 28.9 Å². The van der Waals surface area contributed by atoms with Gasteiger partial charge in [-0.25, -0.2) is 0 Å². The Morgan fingerprint density at radius 2 is 1.64 bits per heavy atom. The molecular weight excluding hydrogens is 385 g/mol. The molecule has 140 valence electrons. The van der Waals surface area contributed by atoms with E-state index in [-0.39, 0.29) is 24.8 Å². The Labute approximate surface area is 165 Å². The zero-order valence-corrected chi connectivity index (χ0v) is 16.3. The molecule has 0 radical (unpaired) electrons. The summed E-state index contributed by atoms with van der Waals surface area (Å²) in [5.41, 5.74) is 6.80. The smallest absolute Gasteiger partial charge is 0.240 e. The third-order valence-corrected chi connectivity index (χ3v) is 4.30. The van der Waals surface area contributed by atoms with E-state index in [2.05, 4.69) is 32.1 Å². The summed E-state index contributed by atoms with van der Waals surface area (Å²) in [6.45, 7) is 6.15. The largest absolute Gasteiger partial charge is 0.338 e. The molecule has 3 rings (SSSR count). The number of nitrogens with zero attached hydrogens (tertiary/aromatic N) is 4. The van der Waals surface area contributed by atoms with Crippen LogP contribution in [0.5, 0.6) is 0 Å². The van der Waals surface area contributed by atoms with Crippen LogP contribution in [-0.4, -0.2) is 46.1 Å². The van der Waals surface area contributed by atoms with Gasteiger partial charge in [-0.05, 0) is 37.2 Å². The van der Waals surface area contributed by atoms with Gasteiger partial charge in [0.05, 0.1) is 13.1 Å². The van der Waals surface area contributed by atoms with Crippen LogP contribution in [-0.2, 0) is 19.6 Å². The van der Waals surface area contributed by atoms with Crippen molar-refractivity contribution in [2.24, 2.45) is 5.73 Å². The molecule has 6 nitrogen and oxygen atoms in total. The fourth-order valence-corrected chi connectivity index (χ4v) is 2.95. The van der Waals surface area contributed by atoms with Gasteiger partial charge in [0.15, 0.2) is 5.82 Å². The maximum atomic E-state index is 5.94. The second-order valence-corrected chi connectivity index (χ2v) is 6.28. The van der Waals surface area contributed by atoms with Crippen LogP contribution in [0.15, 0.2) is 28.8 Å². The number of hydrogen-bond donors (Lipinski definition) is 1. The first-order valence-corrected chi connectivity index (χ1v) is 8.31. The van der Waals surface area contributed by atoms with Gasteiger partial charge in [-0.3, -0.25) is 9.80 Å². The fourth-order valence-electron chi connectivity index (χ4n) is 2.83. The predicted octanol–water partition coefficient (Wildman–Crippen LogP) is 2.73. The molecule has 0 unspecified atom stereocenters. The molecule has 0 amide bonds. The third-order valence-electron chi connectivity index (χ3n) is 4.05. The topological polar surface area (TPSA) is 71.4 Å². The fraction of sp³-hybridized carbons (Fsp3) is 0.500. The molecule has 1 fully saturated rings. The van der Waals surface area contributed by atoms with E-state index in [1.54, 1.807) is 0 Å². The molecule has 2 aromatic rings. The highest BCUT2D eigenvalue weighted by atomic mass is 35.5. The number of hydrogen-bond acceptors (Lipinski definition) is 6. The first kappa shape index (κ1) is 22.2. The summed E-state index contributed by atoms with van der Waals surface area (Å²) < 4.78 is 5.06. The highest BCUT2D eigenvalue weighted by molar-refractivity contribution is 6.30. The van der Waals surface area contributed by atoms with Crippen LogP contribution in [0.2, 0.25) is 5.02 Å². The van der Waals surface area contributed by atoms with Crippen molar-refractivity contribution in [3.63, 3.8) is 0 Å². The SMILES string of the molecule is Cl.Cl.NCc1nc(CN2CCCN(Cc3ccc(Cl)cc3)CC2)no1. The van der Waals surface area contributed by atoms with E-state index < -0.39 is 0 Å². The van der Waals surface area contributed by atoms with E-state index in [9.17, 15) is 0 Å². The van der Waals surface area contributed by atoms with Crippen LogP contribution in [0, 0.1) is 0 Å². The molecule has 1 aromatic carbocycles. The minimum atomic E-state index is 0. The Bertz CT molecular complexity index is 622. The monoisotopic (exact) mass is 407 g/mol. The Morgan fingerprint density at radius 3 is 2.24 bits per heavy atom. The number of aromatic nitrogens is 2. The van der Waals surface area contributed by atoms with Gasteiger partial charge < -0.3 is 10.3 Å². The van der Waals surface area contributed by atoms with Crippen molar-refractivity contribution in [3.05, 3.63) is 46.6 Å². The molecule has 2 N–H and O–H groups in total. The third kappa shape index (κ3) is 6.73. The zero-order valence-electron chi connectivity index (χ0n) is 13.9. The summed E-state index contributed by atoms with van der Waals surface area (Å²) >= 11 is 5.94. The van der Waals surface area contributed by atoms with Crippen molar-refractivity contribution in [2.75, 3.05) is 26.2 Å². The normalized spacial score (nSPS) is 15.9. The van der Waals surface area contributed by atoms with E-state index in [1.807, 2.05) is 12.1 Å². The highest BCUT2D eigenvalue weighted by Crippen LogP contribution is 2.13. The average molecular weight is 409 g/mol. The molecule has 0 bridgehead atoms. The van der Waals surface area contributed by atoms with E-state index >= 15 is 0 Å². The average Bonchev–Trinajstić information content (AvgIpc) is 2.90.